The normalized spacial score (nSPS) is 23.6. The molecule has 130 valence electrons. The molecular weight excluding hydrogens is 306 g/mol. The number of ether oxygens (including phenoxy) is 1. The molecule has 3 rings (SSSR count). The van der Waals surface area contributed by atoms with E-state index in [4.69, 9.17) is 4.74 Å². The topological polar surface area (TPSA) is 53.1 Å². The first-order valence-corrected chi connectivity index (χ1v) is 8.29. The summed E-state index contributed by atoms with van der Waals surface area (Å²) in [6.45, 7) is 2.51. The molecule has 6 heteroatoms. The lowest BCUT2D eigenvalue weighted by atomic mass is 9.86. The summed E-state index contributed by atoms with van der Waals surface area (Å²) in [6, 6.07) is 7.59. The van der Waals surface area contributed by atoms with Crippen molar-refractivity contribution in [2.24, 2.45) is 5.41 Å². The van der Waals surface area contributed by atoms with Crippen molar-refractivity contribution >= 4 is 17.5 Å². The highest BCUT2D eigenvalue weighted by Crippen LogP contribution is 2.42. The fourth-order valence-corrected chi connectivity index (χ4v) is 3.70. The average molecular weight is 331 g/mol. The van der Waals surface area contributed by atoms with E-state index in [0.29, 0.717) is 26.1 Å². The average Bonchev–Trinajstić information content (AvgIpc) is 3.10. The first kappa shape index (κ1) is 16.8. The van der Waals surface area contributed by atoms with Crippen molar-refractivity contribution in [3.63, 3.8) is 0 Å². The van der Waals surface area contributed by atoms with Crippen LogP contribution in [0.25, 0.3) is 0 Å². The van der Waals surface area contributed by atoms with E-state index >= 15 is 0 Å². The number of methoxy groups -OCH3 is 1. The van der Waals surface area contributed by atoms with E-state index in [1.54, 1.807) is 7.11 Å². The summed E-state index contributed by atoms with van der Waals surface area (Å²) >= 11 is 0. The molecular formula is C18H25N3O3. The SMILES string of the molecule is COc1cccc(N2C[C@]3(CCN(C(=O)CN(C)C)C3)CC2=O)c1. The van der Waals surface area contributed by atoms with Gasteiger partial charge >= 0.3 is 0 Å². The molecule has 1 aromatic rings. The Balaban J connectivity index is 1.71. The van der Waals surface area contributed by atoms with E-state index in [-0.39, 0.29) is 17.2 Å². The zero-order chi connectivity index (χ0) is 17.3. The van der Waals surface area contributed by atoms with Crippen LogP contribution in [0.15, 0.2) is 24.3 Å². The summed E-state index contributed by atoms with van der Waals surface area (Å²) in [7, 11) is 5.42. The predicted molar refractivity (Wildman–Crippen MR) is 92.1 cm³/mol. The van der Waals surface area contributed by atoms with Crippen LogP contribution in [-0.2, 0) is 9.59 Å². The van der Waals surface area contributed by atoms with Gasteiger partial charge in [-0.15, -0.1) is 0 Å². The van der Waals surface area contributed by atoms with E-state index in [9.17, 15) is 9.59 Å². The highest BCUT2D eigenvalue weighted by Gasteiger charge is 2.48. The lowest BCUT2D eigenvalue weighted by molar-refractivity contribution is -0.131. The Morgan fingerprint density at radius 2 is 2.12 bits per heavy atom. The minimum atomic E-state index is -0.109. The maximum absolute atomic E-state index is 12.6. The van der Waals surface area contributed by atoms with Crippen molar-refractivity contribution in [2.45, 2.75) is 12.8 Å². The molecule has 0 saturated carbocycles. The number of benzene rings is 1. The first-order valence-electron chi connectivity index (χ1n) is 8.29. The van der Waals surface area contributed by atoms with Gasteiger partial charge in [0.1, 0.15) is 5.75 Å². The van der Waals surface area contributed by atoms with Crippen molar-refractivity contribution in [2.75, 3.05) is 52.3 Å². The smallest absolute Gasteiger partial charge is 0.236 e. The molecule has 0 unspecified atom stereocenters. The third kappa shape index (κ3) is 3.24. The van der Waals surface area contributed by atoms with Crippen LogP contribution in [-0.4, -0.2) is 69.0 Å². The summed E-state index contributed by atoms with van der Waals surface area (Å²) in [5, 5.41) is 0. The molecule has 0 bridgehead atoms. The van der Waals surface area contributed by atoms with Gasteiger partial charge in [-0.05, 0) is 32.6 Å². The van der Waals surface area contributed by atoms with Crippen LogP contribution in [0.5, 0.6) is 5.75 Å². The highest BCUT2D eigenvalue weighted by molar-refractivity contribution is 5.96. The number of nitrogens with zero attached hydrogens (tertiary/aromatic N) is 3. The van der Waals surface area contributed by atoms with Gasteiger partial charge in [-0.25, -0.2) is 0 Å². The maximum atomic E-state index is 12.6. The van der Waals surface area contributed by atoms with Gasteiger partial charge in [-0.3, -0.25) is 9.59 Å². The van der Waals surface area contributed by atoms with Gasteiger partial charge < -0.3 is 19.4 Å². The number of carbonyl (C=O) groups excluding carboxylic acids is 2. The molecule has 2 amide bonds. The zero-order valence-corrected chi connectivity index (χ0v) is 14.6. The number of rotatable bonds is 4. The van der Waals surface area contributed by atoms with E-state index < -0.39 is 0 Å². The van der Waals surface area contributed by atoms with Crippen molar-refractivity contribution in [1.82, 2.24) is 9.80 Å². The van der Waals surface area contributed by atoms with E-state index in [1.807, 2.05) is 53.1 Å². The lowest BCUT2D eigenvalue weighted by Gasteiger charge is -2.25. The van der Waals surface area contributed by atoms with Gasteiger partial charge in [0.15, 0.2) is 0 Å². The lowest BCUT2D eigenvalue weighted by Crippen LogP contribution is -2.38. The summed E-state index contributed by atoms with van der Waals surface area (Å²) in [5.41, 5.74) is 0.761. The molecule has 1 spiro atoms. The Bertz CT molecular complexity index is 646. The van der Waals surface area contributed by atoms with Crippen LogP contribution in [0.3, 0.4) is 0 Å². The molecule has 0 aliphatic carbocycles. The molecule has 6 nitrogen and oxygen atoms in total. The zero-order valence-electron chi connectivity index (χ0n) is 14.6. The number of carbonyl (C=O) groups is 2. The number of anilines is 1. The van der Waals surface area contributed by atoms with Gasteiger partial charge in [0.2, 0.25) is 11.8 Å². The third-order valence-electron chi connectivity index (χ3n) is 4.93. The molecule has 1 aromatic carbocycles. The van der Waals surface area contributed by atoms with Crippen molar-refractivity contribution in [1.29, 1.82) is 0 Å². The Kier molecular flexibility index (Phi) is 4.49. The standard InChI is InChI=1S/C18H25N3O3/c1-19(2)11-17(23)20-8-7-18(12-20)10-16(22)21(13-18)14-5-4-6-15(9-14)24-3/h4-6,9H,7-8,10-13H2,1-3H3/t18-/m1/s1. The summed E-state index contributed by atoms with van der Waals surface area (Å²) in [4.78, 5) is 30.5. The summed E-state index contributed by atoms with van der Waals surface area (Å²) in [5.74, 6) is 1.02. The molecule has 2 aliphatic heterocycles. The fraction of sp³-hybridized carbons (Fsp3) is 0.556. The van der Waals surface area contributed by atoms with Crippen LogP contribution in [0.1, 0.15) is 12.8 Å². The van der Waals surface area contributed by atoms with Crippen LogP contribution in [0.4, 0.5) is 5.69 Å². The second-order valence-electron chi connectivity index (χ2n) is 7.16. The van der Waals surface area contributed by atoms with Crippen molar-refractivity contribution in [3.8, 4) is 5.75 Å². The third-order valence-corrected chi connectivity index (χ3v) is 4.93. The van der Waals surface area contributed by atoms with E-state index in [2.05, 4.69) is 0 Å². The first-order chi connectivity index (χ1) is 11.4. The molecule has 0 radical (unpaired) electrons. The second kappa shape index (κ2) is 6.43. The minimum absolute atomic E-state index is 0.109. The Hall–Kier alpha value is -2.08. The maximum Gasteiger partial charge on any atom is 0.236 e. The predicted octanol–water partition coefficient (Wildman–Crippen LogP) is 1.21. The fourth-order valence-electron chi connectivity index (χ4n) is 3.70. The van der Waals surface area contributed by atoms with Crippen molar-refractivity contribution < 1.29 is 14.3 Å². The van der Waals surface area contributed by atoms with Gasteiger partial charge in [0.05, 0.1) is 13.7 Å². The number of hydrogen-bond donors (Lipinski definition) is 0. The molecule has 2 fully saturated rings. The molecule has 24 heavy (non-hydrogen) atoms. The molecule has 2 aliphatic rings. The number of amides is 2. The summed E-state index contributed by atoms with van der Waals surface area (Å²) < 4.78 is 5.26. The summed E-state index contributed by atoms with van der Waals surface area (Å²) in [6.07, 6.45) is 1.40. The van der Waals surface area contributed by atoms with E-state index in [1.165, 1.54) is 0 Å². The highest BCUT2D eigenvalue weighted by atomic mass is 16.5. The molecule has 0 N–H and O–H groups in total. The molecule has 0 aromatic heterocycles. The quantitative estimate of drug-likeness (QED) is 0.832. The molecule has 2 saturated heterocycles. The molecule has 2 heterocycles. The number of likely N-dealkylation sites (N-methyl/N-ethyl adjacent to an activating group) is 1. The monoisotopic (exact) mass is 331 g/mol. The van der Waals surface area contributed by atoms with E-state index in [0.717, 1.165) is 24.4 Å². The van der Waals surface area contributed by atoms with Crippen LogP contribution >= 0.6 is 0 Å². The number of likely N-dealkylation sites (tertiary alicyclic amines) is 1. The second-order valence-corrected chi connectivity index (χ2v) is 7.16. The Morgan fingerprint density at radius 3 is 2.83 bits per heavy atom. The van der Waals surface area contributed by atoms with Gasteiger partial charge in [-0.2, -0.15) is 0 Å². The minimum Gasteiger partial charge on any atom is -0.497 e. The number of hydrogen-bond acceptors (Lipinski definition) is 4. The largest absolute Gasteiger partial charge is 0.497 e. The Labute approximate surface area is 143 Å². The Morgan fingerprint density at radius 1 is 1.33 bits per heavy atom. The van der Waals surface area contributed by atoms with Crippen LogP contribution < -0.4 is 9.64 Å². The molecule has 1 atom stereocenters. The van der Waals surface area contributed by atoms with Crippen LogP contribution in [0.2, 0.25) is 0 Å². The van der Waals surface area contributed by atoms with Gasteiger partial charge in [0, 0.05) is 43.2 Å². The van der Waals surface area contributed by atoms with Crippen molar-refractivity contribution in [3.05, 3.63) is 24.3 Å². The van der Waals surface area contributed by atoms with Gasteiger partial charge in [0.25, 0.3) is 0 Å². The van der Waals surface area contributed by atoms with Gasteiger partial charge in [-0.1, -0.05) is 6.07 Å². The van der Waals surface area contributed by atoms with Crippen LogP contribution in [0, 0.1) is 5.41 Å².